The van der Waals surface area contributed by atoms with Crippen LogP contribution in [0.5, 0.6) is 0 Å². The van der Waals surface area contributed by atoms with Crippen LogP contribution in [0.1, 0.15) is 27.7 Å². The fourth-order valence-corrected chi connectivity index (χ4v) is 0.642. The summed E-state index contributed by atoms with van der Waals surface area (Å²) in [4.78, 5) is 11.2. The minimum absolute atomic E-state index is 0.00681. The summed E-state index contributed by atoms with van der Waals surface area (Å²) < 4.78 is 0. The van der Waals surface area contributed by atoms with E-state index in [0.29, 0.717) is 0 Å². The van der Waals surface area contributed by atoms with Crippen molar-refractivity contribution >= 4 is 6.03 Å². The maximum absolute atomic E-state index is 11.2. The highest BCUT2D eigenvalue weighted by atomic mass is 16.2. The van der Waals surface area contributed by atoms with Gasteiger partial charge in [0, 0.05) is 11.6 Å². The van der Waals surface area contributed by atoms with Crippen molar-refractivity contribution in [2.45, 2.75) is 39.3 Å². The number of hydrogen-bond donors (Lipinski definition) is 2. The molecule has 1 atom stereocenters. The van der Waals surface area contributed by atoms with Crippen LogP contribution in [0.3, 0.4) is 0 Å². The van der Waals surface area contributed by atoms with E-state index in [0.717, 1.165) is 0 Å². The lowest BCUT2D eigenvalue weighted by Crippen LogP contribution is -2.48. The summed E-state index contributed by atoms with van der Waals surface area (Å²) in [5.74, 6) is 0. The van der Waals surface area contributed by atoms with E-state index >= 15 is 0 Å². The van der Waals surface area contributed by atoms with Crippen LogP contribution >= 0.6 is 0 Å². The number of hydrogen-bond acceptors (Lipinski definition) is 1. The molecule has 0 spiro atoms. The first-order valence-electron chi connectivity index (χ1n) is 4.06. The molecule has 0 aromatic carbocycles. The zero-order chi connectivity index (χ0) is 9.78. The Morgan fingerprint density at radius 1 is 1.50 bits per heavy atom. The van der Waals surface area contributed by atoms with Gasteiger partial charge in [0.2, 0.25) is 0 Å². The second-order valence-electron chi connectivity index (χ2n) is 3.87. The highest BCUT2D eigenvalue weighted by Crippen LogP contribution is 1.97. The Balaban J connectivity index is 3.82. The largest absolute Gasteiger partial charge is 0.334 e. The van der Waals surface area contributed by atoms with Gasteiger partial charge in [0.25, 0.3) is 0 Å². The molecular weight excluding hydrogens is 152 g/mol. The van der Waals surface area contributed by atoms with Gasteiger partial charge in [-0.15, -0.1) is 6.58 Å². The van der Waals surface area contributed by atoms with E-state index in [1.165, 1.54) is 0 Å². The second kappa shape index (κ2) is 4.14. The third kappa shape index (κ3) is 5.77. The van der Waals surface area contributed by atoms with Gasteiger partial charge < -0.3 is 10.6 Å². The Morgan fingerprint density at radius 2 is 2.00 bits per heavy atom. The summed E-state index contributed by atoms with van der Waals surface area (Å²) in [7, 11) is 0. The quantitative estimate of drug-likeness (QED) is 0.608. The smallest absolute Gasteiger partial charge is 0.315 e. The third-order valence-electron chi connectivity index (χ3n) is 1.20. The molecule has 0 saturated heterocycles. The summed E-state index contributed by atoms with van der Waals surface area (Å²) in [6.45, 7) is 11.2. The number of nitrogens with one attached hydrogen (secondary N) is 2. The average molecular weight is 170 g/mol. The Bertz CT molecular complexity index is 170. The van der Waals surface area contributed by atoms with E-state index in [-0.39, 0.29) is 17.6 Å². The van der Waals surface area contributed by atoms with Gasteiger partial charge in [-0.1, -0.05) is 6.08 Å². The van der Waals surface area contributed by atoms with Crippen molar-refractivity contribution in [3.8, 4) is 0 Å². The maximum atomic E-state index is 11.2. The number of carbonyl (C=O) groups is 1. The van der Waals surface area contributed by atoms with Crippen LogP contribution in [-0.4, -0.2) is 17.6 Å². The van der Waals surface area contributed by atoms with E-state index in [4.69, 9.17) is 0 Å². The molecule has 0 heterocycles. The highest BCUT2D eigenvalue weighted by molar-refractivity contribution is 5.75. The molecule has 3 heteroatoms. The van der Waals surface area contributed by atoms with Crippen LogP contribution in [0.15, 0.2) is 12.7 Å². The Hall–Kier alpha value is -0.990. The van der Waals surface area contributed by atoms with Crippen molar-refractivity contribution in [1.29, 1.82) is 0 Å². The molecule has 0 rings (SSSR count). The van der Waals surface area contributed by atoms with Gasteiger partial charge in [-0.05, 0) is 27.7 Å². The minimum atomic E-state index is -0.190. The average Bonchev–Trinajstić information content (AvgIpc) is 1.82. The van der Waals surface area contributed by atoms with Gasteiger partial charge >= 0.3 is 6.03 Å². The molecule has 0 aliphatic heterocycles. The van der Waals surface area contributed by atoms with Crippen molar-refractivity contribution < 1.29 is 4.79 Å². The number of urea groups is 1. The Morgan fingerprint density at radius 3 is 2.33 bits per heavy atom. The van der Waals surface area contributed by atoms with Crippen LogP contribution in [-0.2, 0) is 0 Å². The van der Waals surface area contributed by atoms with Crippen LogP contribution in [0.25, 0.3) is 0 Å². The standard InChI is InChI=1S/C9H18N2O/c1-6-7(2)10-8(12)11-9(3,4)5/h6-7H,1H2,2-5H3,(H2,10,11,12). The lowest BCUT2D eigenvalue weighted by Gasteiger charge is -2.21. The molecule has 0 bridgehead atoms. The molecule has 0 aromatic heterocycles. The predicted molar refractivity (Wildman–Crippen MR) is 51.1 cm³/mol. The van der Waals surface area contributed by atoms with Crippen molar-refractivity contribution in [2.75, 3.05) is 0 Å². The number of carbonyl (C=O) groups excluding carboxylic acids is 1. The first-order valence-corrected chi connectivity index (χ1v) is 4.06. The van der Waals surface area contributed by atoms with Gasteiger partial charge in [-0.25, -0.2) is 4.79 Å². The summed E-state index contributed by atoms with van der Waals surface area (Å²) in [5, 5.41) is 5.50. The highest BCUT2D eigenvalue weighted by Gasteiger charge is 2.13. The summed E-state index contributed by atoms with van der Waals surface area (Å²) in [5.41, 5.74) is -0.190. The van der Waals surface area contributed by atoms with Gasteiger partial charge in [0.1, 0.15) is 0 Å². The predicted octanol–water partition coefficient (Wildman–Crippen LogP) is 1.66. The number of amides is 2. The monoisotopic (exact) mass is 170 g/mol. The SMILES string of the molecule is C=CC(C)NC(=O)NC(C)(C)C. The normalized spacial score (nSPS) is 13.3. The second-order valence-corrected chi connectivity index (χ2v) is 3.87. The molecule has 0 fully saturated rings. The fraction of sp³-hybridized carbons (Fsp3) is 0.667. The molecule has 2 amide bonds. The van der Waals surface area contributed by atoms with E-state index in [9.17, 15) is 4.79 Å². The first-order chi connectivity index (χ1) is 5.35. The molecule has 12 heavy (non-hydrogen) atoms. The summed E-state index contributed by atoms with van der Waals surface area (Å²) in [6, 6.07) is -0.151. The minimum Gasteiger partial charge on any atom is -0.334 e. The van der Waals surface area contributed by atoms with Crippen LogP contribution in [0, 0.1) is 0 Å². The van der Waals surface area contributed by atoms with E-state index in [1.807, 2.05) is 27.7 Å². The maximum Gasteiger partial charge on any atom is 0.315 e. The molecule has 2 N–H and O–H groups in total. The van der Waals surface area contributed by atoms with Crippen LogP contribution < -0.4 is 10.6 Å². The molecule has 0 radical (unpaired) electrons. The van der Waals surface area contributed by atoms with Crippen molar-refractivity contribution in [1.82, 2.24) is 10.6 Å². The van der Waals surface area contributed by atoms with Gasteiger partial charge in [-0.2, -0.15) is 0 Å². The molecule has 0 aromatic rings. The topological polar surface area (TPSA) is 41.1 Å². The Labute approximate surface area is 74.2 Å². The van der Waals surface area contributed by atoms with E-state index < -0.39 is 0 Å². The lowest BCUT2D eigenvalue weighted by molar-refractivity contribution is 0.230. The summed E-state index contributed by atoms with van der Waals surface area (Å²) in [6.07, 6.45) is 1.68. The zero-order valence-corrected chi connectivity index (χ0v) is 8.27. The molecule has 0 aliphatic carbocycles. The van der Waals surface area contributed by atoms with E-state index in [2.05, 4.69) is 17.2 Å². The van der Waals surface area contributed by atoms with E-state index in [1.54, 1.807) is 6.08 Å². The molecule has 0 saturated carbocycles. The van der Waals surface area contributed by atoms with Gasteiger partial charge in [-0.3, -0.25) is 0 Å². The zero-order valence-electron chi connectivity index (χ0n) is 8.27. The van der Waals surface area contributed by atoms with Crippen molar-refractivity contribution in [2.24, 2.45) is 0 Å². The molecule has 3 nitrogen and oxygen atoms in total. The van der Waals surface area contributed by atoms with Crippen LogP contribution in [0.2, 0.25) is 0 Å². The third-order valence-corrected chi connectivity index (χ3v) is 1.20. The molecule has 1 unspecified atom stereocenters. The molecular formula is C9H18N2O. The summed E-state index contributed by atoms with van der Waals surface area (Å²) >= 11 is 0. The number of rotatable bonds is 2. The lowest BCUT2D eigenvalue weighted by atomic mass is 10.1. The molecule has 70 valence electrons. The van der Waals surface area contributed by atoms with Crippen LogP contribution in [0.4, 0.5) is 4.79 Å². The van der Waals surface area contributed by atoms with Crippen molar-refractivity contribution in [3.63, 3.8) is 0 Å². The van der Waals surface area contributed by atoms with Gasteiger partial charge in [0.05, 0.1) is 0 Å². The van der Waals surface area contributed by atoms with Gasteiger partial charge in [0.15, 0.2) is 0 Å². The first kappa shape index (κ1) is 11.0. The molecule has 0 aliphatic rings. The van der Waals surface area contributed by atoms with Crippen molar-refractivity contribution in [3.05, 3.63) is 12.7 Å². The fourth-order valence-electron chi connectivity index (χ4n) is 0.642. The Kier molecular flexibility index (Phi) is 3.80.